The zero-order valence-corrected chi connectivity index (χ0v) is 10.7. The fourth-order valence-corrected chi connectivity index (χ4v) is 2.66. The molecule has 3 nitrogen and oxygen atoms in total. The number of aromatic nitrogens is 1. The summed E-state index contributed by atoms with van der Waals surface area (Å²) in [5.41, 5.74) is 6.73. The van der Waals surface area contributed by atoms with Crippen molar-refractivity contribution in [1.29, 1.82) is 0 Å². The van der Waals surface area contributed by atoms with E-state index >= 15 is 0 Å². The molecular weight excluding hydrogens is 230 g/mol. The lowest BCUT2D eigenvalue weighted by molar-refractivity contribution is 0.547. The Morgan fingerprint density at radius 1 is 1.47 bits per heavy atom. The molecule has 0 saturated heterocycles. The minimum Gasteiger partial charge on any atom is -0.271 e. The van der Waals surface area contributed by atoms with Gasteiger partial charge in [-0.2, -0.15) is 11.3 Å². The number of rotatable bonds is 5. The van der Waals surface area contributed by atoms with Gasteiger partial charge in [-0.25, -0.2) is 0 Å². The lowest BCUT2D eigenvalue weighted by Gasteiger charge is -2.18. The van der Waals surface area contributed by atoms with E-state index in [1.165, 1.54) is 16.7 Å². The van der Waals surface area contributed by atoms with E-state index in [-0.39, 0.29) is 6.04 Å². The van der Waals surface area contributed by atoms with Crippen LogP contribution < -0.4 is 11.3 Å². The first-order valence-electron chi connectivity index (χ1n) is 5.75. The van der Waals surface area contributed by atoms with Crippen LogP contribution in [-0.2, 0) is 12.8 Å². The van der Waals surface area contributed by atoms with Crippen LogP contribution in [0, 0.1) is 0 Å². The first-order chi connectivity index (χ1) is 8.35. The van der Waals surface area contributed by atoms with E-state index in [4.69, 9.17) is 5.84 Å². The second kappa shape index (κ2) is 5.91. The molecule has 2 rings (SSSR count). The highest BCUT2D eigenvalue weighted by Gasteiger charge is 2.13. The standard InChI is InChI=1S/C13H17N3S/c1-2-11-8-15-5-3-12(11)13(16-14)7-10-4-6-17-9-10/h3-6,8-9,13,16H,2,7,14H2,1H3. The van der Waals surface area contributed by atoms with Crippen LogP contribution in [0.25, 0.3) is 0 Å². The third-order valence-corrected chi connectivity index (χ3v) is 3.65. The maximum atomic E-state index is 5.68. The van der Waals surface area contributed by atoms with Gasteiger partial charge in [0.15, 0.2) is 0 Å². The molecule has 0 bridgehead atoms. The number of nitrogens with zero attached hydrogens (tertiary/aromatic N) is 1. The molecule has 2 aromatic heterocycles. The molecule has 2 aromatic rings. The summed E-state index contributed by atoms with van der Waals surface area (Å²) in [4.78, 5) is 4.16. The van der Waals surface area contributed by atoms with E-state index in [0.717, 1.165) is 12.8 Å². The number of aryl methyl sites for hydroxylation is 1. The van der Waals surface area contributed by atoms with Gasteiger partial charge in [0.25, 0.3) is 0 Å². The molecule has 0 aliphatic heterocycles. The Bertz CT molecular complexity index is 453. The van der Waals surface area contributed by atoms with Crippen molar-refractivity contribution in [2.24, 2.45) is 5.84 Å². The molecule has 0 aliphatic carbocycles. The predicted octanol–water partition coefficient (Wildman–Crippen LogP) is 2.45. The fraction of sp³-hybridized carbons (Fsp3) is 0.308. The quantitative estimate of drug-likeness (QED) is 0.630. The van der Waals surface area contributed by atoms with Crippen LogP contribution in [0.2, 0.25) is 0 Å². The zero-order valence-electron chi connectivity index (χ0n) is 9.89. The van der Waals surface area contributed by atoms with Crippen molar-refractivity contribution < 1.29 is 0 Å². The number of thiophene rings is 1. The molecule has 0 fully saturated rings. The van der Waals surface area contributed by atoms with Gasteiger partial charge in [-0.15, -0.1) is 0 Å². The summed E-state index contributed by atoms with van der Waals surface area (Å²) in [5, 5.41) is 4.26. The molecule has 0 aliphatic rings. The number of hydrogen-bond acceptors (Lipinski definition) is 4. The van der Waals surface area contributed by atoms with E-state index in [1.807, 2.05) is 12.4 Å². The van der Waals surface area contributed by atoms with Gasteiger partial charge in [0.1, 0.15) is 0 Å². The van der Waals surface area contributed by atoms with Gasteiger partial charge in [-0.3, -0.25) is 16.3 Å². The molecule has 17 heavy (non-hydrogen) atoms. The number of hydrogen-bond donors (Lipinski definition) is 2. The van der Waals surface area contributed by atoms with Crippen molar-refractivity contribution in [2.75, 3.05) is 0 Å². The van der Waals surface area contributed by atoms with E-state index in [2.05, 4.69) is 40.2 Å². The van der Waals surface area contributed by atoms with Crippen molar-refractivity contribution >= 4 is 11.3 Å². The smallest absolute Gasteiger partial charge is 0.0504 e. The maximum Gasteiger partial charge on any atom is 0.0504 e. The van der Waals surface area contributed by atoms with Gasteiger partial charge in [-0.05, 0) is 52.4 Å². The Morgan fingerprint density at radius 3 is 3.00 bits per heavy atom. The Hall–Kier alpha value is -1.23. The maximum absolute atomic E-state index is 5.68. The van der Waals surface area contributed by atoms with Crippen molar-refractivity contribution in [3.63, 3.8) is 0 Å². The summed E-state index contributed by atoms with van der Waals surface area (Å²) in [5.74, 6) is 5.68. The SMILES string of the molecule is CCc1cnccc1C(Cc1ccsc1)NN. The van der Waals surface area contributed by atoms with E-state index < -0.39 is 0 Å². The number of nitrogens with two attached hydrogens (primary N) is 1. The van der Waals surface area contributed by atoms with Crippen molar-refractivity contribution in [2.45, 2.75) is 25.8 Å². The van der Waals surface area contributed by atoms with Gasteiger partial charge in [0.2, 0.25) is 0 Å². The summed E-state index contributed by atoms with van der Waals surface area (Å²) in [7, 11) is 0. The van der Waals surface area contributed by atoms with Crippen LogP contribution >= 0.6 is 11.3 Å². The minimum absolute atomic E-state index is 0.155. The first-order valence-corrected chi connectivity index (χ1v) is 6.69. The average Bonchev–Trinajstić information content (AvgIpc) is 2.89. The average molecular weight is 247 g/mol. The van der Waals surface area contributed by atoms with Gasteiger partial charge in [0, 0.05) is 12.4 Å². The van der Waals surface area contributed by atoms with Crippen LogP contribution in [0.15, 0.2) is 35.3 Å². The predicted molar refractivity (Wildman–Crippen MR) is 71.7 cm³/mol. The molecule has 2 heterocycles. The van der Waals surface area contributed by atoms with Crippen LogP contribution in [0.4, 0.5) is 0 Å². The molecular formula is C13H17N3S. The third kappa shape index (κ3) is 2.91. The zero-order chi connectivity index (χ0) is 12.1. The molecule has 0 amide bonds. The van der Waals surface area contributed by atoms with E-state index in [0.29, 0.717) is 0 Å². The van der Waals surface area contributed by atoms with Crippen LogP contribution in [0.1, 0.15) is 29.7 Å². The minimum atomic E-state index is 0.155. The Labute approximate surface area is 106 Å². The second-order valence-corrected chi connectivity index (χ2v) is 4.76. The highest BCUT2D eigenvalue weighted by molar-refractivity contribution is 7.07. The molecule has 1 atom stereocenters. The van der Waals surface area contributed by atoms with Gasteiger partial charge in [-0.1, -0.05) is 6.92 Å². The first kappa shape index (κ1) is 12.2. The number of hydrazine groups is 1. The summed E-state index contributed by atoms with van der Waals surface area (Å²) in [6.07, 6.45) is 5.64. The Balaban J connectivity index is 2.22. The Morgan fingerprint density at radius 2 is 2.35 bits per heavy atom. The van der Waals surface area contributed by atoms with Crippen molar-refractivity contribution in [1.82, 2.24) is 10.4 Å². The number of nitrogens with one attached hydrogen (secondary N) is 1. The largest absolute Gasteiger partial charge is 0.271 e. The molecule has 90 valence electrons. The second-order valence-electron chi connectivity index (χ2n) is 3.98. The summed E-state index contributed by atoms with van der Waals surface area (Å²) >= 11 is 1.72. The van der Waals surface area contributed by atoms with E-state index in [9.17, 15) is 0 Å². The molecule has 0 radical (unpaired) electrons. The summed E-state index contributed by atoms with van der Waals surface area (Å²) in [6, 6.07) is 4.35. The van der Waals surface area contributed by atoms with Gasteiger partial charge in [0.05, 0.1) is 6.04 Å². The van der Waals surface area contributed by atoms with Gasteiger partial charge >= 0.3 is 0 Å². The summed E-state index contributed by atoms with van der Waals surface area (Å²) < 4.78 is 0. The van der Waals surface area contributed by atoms with Crippen LogP contribution in [-0.4, -0.2) is 4.98 Å². The molecule has 0 spiro atoms. The van der Waals surface area contributed by atoms with Crippen LogP contribution in [0.3, 0.4) is 0 Å². The fourth-order valence-electron chi connectivity index (χ4n) is 1.98. The normalized spacial score (nSPS) is 12.6. The van der Waals surface area contributed by atoms with Crippen molar-refractivity contribution in [3.05, 3.63) is 52.0 Å². The molecule has 0 aromatic carbocycles. The van der Waals surface area contributed by atoms with Crippen molar-refractivity contribution in [3.8, 4) is 0 Å². The summed E-state index contributed by atoms with van der Waals surface area (Å²) in [6.45, 7) is 2.14. The number of pyridine rings is 1. The highest BCUT2D eigenvalue weighted by atomic mass is 32.1. The molecule has 1 unspecified atom stereocenters. The Kier molecular flexibility index (Phi) is 4.25. The van der Waals surface area contributed by atoms with E-state index in [1.54, 1.807) is 11.3 Å². The molecule has 0 saturated carbocycles. The van der Waals surface area contributed by atoms with Gasteiger partial charge < -0.3 is 0 Å². The lowest BCUT2D eigenvalue weighted by atomic mass is 9.97. The van der Waals surface area contributed by atoms with Crippen LogP contribution in [0.5, 0.6) is 0 Å². The monoisotopic (exact) mass is 247 g/mol. The lowest BCUT2D eigenvalue weighted by Crippen LogP contribution is -2.30. The molecule has 4 heteroatoms. The highest BCUT2D eigenvalue weighted by Crippen LogP contribution is 2.22. The molecule has 3 N–H and O–H groups in total. The third-order valence-electron chi connectivity index (χ3n) is 2.92. The topological polar surface area (TPSA) is 50.9 Å².